The molecule has 2 aromatic rings. The number of aliphatic hydroxyl groups excluding tert-OH is 1. The SMILES string of the molecule is COc1cc(C(C)NCc2ccc(Cl)cn2)ccc1OCCO. The van der Waals surface area contributed by atoms with Crippen molar-refractivity contribution < 1.29 is 14.6 Å². The Bertz CT molecular complexity index is 620. The molecule has 1 unspecified atom stereocenters. The summed E-state index contributed by atoms with van der Waals surface area (Å²) in [6.07, 6.45) is 1.64. The monoisotopic (exact) mass is 336 g/mol. The molecular weight excluding hydrogens is 316 g/mol. The van der Waals surface area contributed by atoms with E-state index in [2.05, 4.69) is 17.2 Å². The fourth-order valence-electron chi connectivity index (χ4n) is 2.11. The van der Waals surface area contributed by atoms with Gasteiger partial charge in [0.2, 0.25) is 0 Å². The van der Waals surface area contributed by atoms with Crippen LogP contribution < -0.4 is 14.8 Å². The van der Waals surface area contributed by atoms with Crippen molar-refractivity contribution in [3.8, 4) is 11.5 Å². The number of hydrogen-bond donors (Lipinski definition) is 2. The molecular formula is C17H21ClN2O3. The second-order valence-corrected chi connectivity index (χ2v) is 5.49. The van der Waals surface area contributed by atoms with Crippen molar-refractivity contribution in [3.05, 3.63) is 52.8 Å². The zero-order valence-electron chi connectivity index (χ0n) is 13.3. The number of pyridine rings is 1. The van der Waals surface area contributed by atoms with Gasteiger partial charge < -0.3 is 19.9 Å². The molecule has 0 aliphatic heterocycles. The van der Waals surface area contributed by atoms with Gasteiger partial charge in [0.05, 0.1) is 24.4 Å². The molecule has 0 saturated heterocycles. The first-order valence-electron chi connectivity index (χ1n) is 7.39. The lowest BCUT2D eigenvalue weighted by Crippen LogP contribution is -2.18. The van der Waals surface area contributed by atoms with Crippen LogP contribution in [0.2, 0.25) is 5.02 Å². The van der Waals surface area contributed by atoms with Gasteiger partial charge in [-0.1, -0.05) is 17.7 Å². The summed E-state index contributed by atoms with van der Waals surface area (Å²) in [6, 6.07) is 9.60. The third-order valence-corrected chi connectivity index (χ3v) is 3.64. The molecule has 23 heavy (non-hydrogen) atoms. The van der Waals surface area contributed by atoms with Crippen LogP contribution in [0.5, 0.6) is 11.5 Å². The van der Waals surface area contributed by atoms with Gasteiger partial charge in [-0.15, -0.1) is 0 Å². The van der Waals surface area contributed by atoms with E-state index in [0.717, 1.165) is 11.3 Å². The number of ether oxygens (including phenoxy) is 2. The number of nitrogens with zero attached hydrogens (tertiary/aromatic N) is 1. The van der Waals surface area contributed by atoms with Gasteiger partial charge in [-0.3, -0.25) is 4.98 Å². The van der Waals surface area contributed by atoms with E-state index >= 15 is 0 Å². The van der Waals surface area contributed by atoms with Crippen molar-refractivity contribution >= 4 is 11.6 Å². The molecule has 2 N–H and O–H groups in total. The number of benzene rings is 1. The molecule has 5 nitrogen and oxygen atoms in total. The fourth-order valence-corrected chi connectivity index (χ4v) is 2.23. The minimum Gasteiger partial charge on any atom is -0.493 e. The second kappa shape index (κ2) is 8.72. The average Bonchev–Trinajstić information content (AvgIpc) is 2.59. The van der Waals surface area contributed by atoms with Crippen LogP contribution in [0.15, 0.2) is 36.5 Å². The molecule has 0 amide bonds. The highest BCUT2D eigenvalue weighted by atomic mass is 35.5. The summed E-state index contributed by atoms with van der Waals surface area (Å²) in [5, 5.41) is 12.9. The van der Waals surface area contributed by atoms with Crippen LogP contribution in [-0.4, -0.2) is 30.4 Å². The molecule has 1 aromatic heterocycles. The number of aliphatic hydroxyl groups is 1. The van der Waals surface area contributed by atoms with Crippen LogP contribution in [0.1, 0.15) is 24.2 Å². The largest absolute Gasteiger partial charge is 0.493 e. The van der Waals surface area contributed by atoms with Gasteiger partial charge in [0.1, 0.15) is 6.61 Å². The van der Waals surface area contributed by atoms with Gasteiger partial charge in [-0.2, -0.15) is 0 Å². The number of rotatable bonds is 8. The van der Waals surface area contributed by atoms with Gasteiger partial charge >= 0.3 is 0 Å². The first kappa shape index (κ1) is 17.5. The second-order valence-electron chi connectivity index (χ2n) is 5.05. The highest BCUT2D eigenvalue weighted by Crippen LogP contribution is 2.30. The van der Waals surface area contributed by atoms with E-state index in [1.165, 1.54) is 0 Å². The minimum absolute atomic E-state index is 0.0308. The van der Waals surface area contributed by atoms with E-state index in [-0.39, 0.29) is 19.3 Å². The molecule has 6 heteroatoms. The maximum absolute atomic E-state index is 8.84. The fraction of sp³-hybridized carbons (Fsp3) is 0.353. The Kier molecular flexibility index (Phi) is 6.65. The molecule has 1 atom stereocenters. The number of halogens is 1. The Hall–Kier alpha value is -1.82. The first-order chi connectivity index (χ1) is 11.1. The van der Waals surface area contributed by atoms with E-state index in [9.17, 15) is 0 Å². The molecule has 0 bridgehead atoms. The van der Waals surface area contributed by atoms with Gasteiger partial charge in [-0.05, 0) is 36.8 Å². The maximum atomic E-state index is 8.84. The van der Waals surface area contributed by atoms with Crippen molar-refractivity contribution in [2.75, 3.05) is 20.3 Å². The summed E-state index contributed by atoms with van der Waals surface area (Å²) in [5.41, 5.74) is 2.00. The molecule has 2 rings (SSSR count). The zero-order chi connectivity index (χ0) is 16.7. The smallest absolute Gasteiger partial charge is 0.161 e. The van der Waals surface area contributed by atoms with Crippen LogP contribution in [-0.2, 0) is 6.54 Å². The normalized spacial score (nSPS) is 12.0. The molecule has 0 aliphatic carbocycles. The highest BCUT2D eigenvalue weighted by molar-refractivity contribution is 6.30. The van der Waals surface area contributed by atoms with Gasteiger partial charge in [0.15, 0.2) is 11.5 Å². The summed E-state index contributed by atoms with van der Waals surface area (Å²) in [6.45, 7) is 2.92. The quantitative estimate of drug-likeness (QED) is 0.776. The van der Waals surface area contributed by atoms with Crippen LogP contribution >= 0.6 is 11.6 Å². The Morgan fingerprint density at radius 1 is 1.26 bits per heavy atom. The van der Waals surface area contributed by atoms with Gasteiger partial charge in [0.25, 0.3) is 0 Å². The minimum atomic E-state index is -0.0308. The van der Waals surface area contributed by atoms with Crippen LogP contribution in [0, 0.1) is 0 Å². The van der Waals surface area contributed by atoms with Crippen molar-refractivity contribution in [3.63, 3.8) is 0 Å². The van der Waals surface area contributed by atoms with E-state index in [0.29, 0.717) is 23.1 Å². The lowest BCUT2D eigenvalue weighted by molar-refractivity contribution is 0.196. The van der Waals surface area contributed by atoms with E-state index in [1.54, 1.807) is 13.3 Å². The van der Waals surface area contributed by atoms with Crippen molar-refractivity contribution in [1.29, 1.82) is 0 Å². The molecule has 0 spiro atoms. The molecule has 0 saturated carbocycles. The number of hydrogen-bond acceptors (Lipinski definition) is 5. The van der Waals surface area contributed by atoms with Gasteiger partial charge in [0, 0.05) is 18.8 Å². The maximum Gasteiger partial charge on any atom is 0.161 e. The van der Waals surface area contributed by atoms with Crippen molar-refractivity contribution in [2.45, 2.75) is 19.5 Å². The van der Waals surface area contributed by atoms with Crippen molar-refractivity contribution in [2.24, 2.45) is 0 Å². The summed E-state index contributed by atoms with van der Waals surface area (Å²) in [5.74, 6) is 1.27. The molecule has 0 fully saturated rings. The van der Waals surface area contributed by atoms with Gasteiger partial charge in [-0.25, -0.2) is 0 Å². The lowest BCUT2D eigenvalue weighted by atomic mass is 10.1. The molecule has 124 valence electrons. The Morgan fingerprint density at radius 2 is 2.09 bits per heavy atom. The zero-order valence-corrected chi connectivity index (χ0v) is 14.0. The predicted octanol–water partition coefficient (Wildman–Crippen LogP) is 2.97. The van der Waals surface area contributed by atoms with E-state index < -0.39 is 0 Å². The summed E-state index contributed by atoms with van der Waals surface area (Å²) in [7, 11) is 1.60. The Morgan fingerprint density at radius 3 is 2.74 bits per heavy atom. The number of methoxy groups -OCH3 is 1. The van der Waals surface area contributed by atoms with E-state index in [4.69, 9.17) is 26.2 Å². The standard InChI is InChI=1S/C17H21ClN2O3/c1-12(19-11-15-5-4-14(18)10-20-15)13-3-6-16(23-8-7-21)17(9-13)22-2/h3-6,9-10,12,19,21H,7-8,11H2,1-2H3. The summed E-state index contributed by atoms with van der Waals surface area (Å²) >= 11 is 5.83. The number of aromatic nitrogens is 1. The predicted molar refractivity (Wildman–Crippen MR) is 90.1 cm³/mol. The summed E-state index contributed by atoms with van der Waals surface area (Å²) in [4.78, 5) is 4.26. The third kappa shape index (κ3) is 5.10. The van der Waals surface area contributed by atoms with E-state index in [1.807, 2.05) is 30.3 Å². The molecule has 0 radical (unpaired) electrons. The third-order valence-electron chi connectivity index (χ3n) is 3.41. The number of nitrogens with one attached hydrogen (secondary N) is 1. The van der Waals surface area contributed by atoms with Crippen LogP contribution in [0.25, 0.3) is 0 Å². The molecule has 1 heterocycles. The highest BCUT2D eigenvalue weighted by Gasteiger charge is 2.10. The Balaban J connectivity index is 2.00. The van der Waals surface area contributed by atoms with Crippen LogP contribution in [0.3, 0.4) is 0 Å². The topological polar surface area (TPSA) is 63.6 Å². The summed E-state index contributed by atoms with van der Waals surface area (Å²) < 4.78 is 10.8. The van der Waals surface area contributed by atoms with Crippen molar-refractivity contribution in [1.82, 2.24) is 10.3 Å². The first-order valence-corrected chi connectivity index (χ1v) is 7.77. The average molecular weight is 337 g/mol. The molecule has 1 aromatic carbocycles. The molecule has 0 aliphatic rings. The van der Waals surface area contributed by atoms with Crippen LogP contribution in [0.4, 0.5) is 0 Å². The Labute approximate surface area is 141 Å². The lowest BCUT2D eigenvalue weighted by Gasteiger charge is -2.17.